The van der Waals surface area contributed by atoms with Crippen molar-refractivity contribution in [2.45, 2.75) is 0 Å². The van der Waals surface area contributed by atoms with E-state index in [1.54, 1.807) is 0 Å². The molecule has 0 amide bonds. The highest BCUT2D eigenvalue weighted by Crippen LogP contribution is 2.09. The van der Waals surface area contributed by atoms with Crippen LogP contribution in [0.4, 0.5) is 0 Å². The molecule has 2 nitrogen and oxygen atoms in total. The Bertz CT molecular complexity index is 64.1. The predicted molar refractivity (Wildman–Crippen MR) is 14.0 cm³/mol. The molecule has 0 aromatic rings. The third-order valence-corrected chi connectivity index (χ3v) is 0.241. The summed E-state index contributed by atoms with van der Waals surface area (Å²) in [5, 5.41) is 6.67. The fourth-order valence-electron chi connectivity index (χ4n) is 0.0354. The van der Waals surface area contributed by atoms with Crippen LogP contribution in [0.15, 0.2) is 22.6 Å². The maximum atomic E-state index is 3.33. The summed E-state index contributed by atoms with van der Waals surface area (Å²) in [7, 11) is 0. The van der Waals surface area contributed by atoms with Crippen molar-refractivity contribution in [1.29, 1.82) is 0 Å². The van der Waals surface area contributed by atoms with Gasteiger partial charge in [-0.15, -0.1) is 10.2 Å². The minimum Gasteiger partial charge on any atom is -0.127 e. The van der Waals surface area contributed by atoms with Crippen LogP contribution in [0.1, 0.15) is 0 Å². The Morgan fingerprint density at radius 1 is 1.50 bits per heavy atom. The van der Waals surface area contributed by atoms with Crippen LogP contribution in [0.25, 0.3) is 0 Å². The van der Waals surface area contributed by atoms with Crippen LogP contribution in [0.2, 0.25) is 0 Å². The second kappa shape index (κ2) is 0.223. The lowest BCUT2D eigenvalue weighted by Gasteiger charge is -1.29. The lowest BCUT2D eigenvalue weighted by molar-refractivity contribution is 1.72. The van der Waals surface area contributed by atoms with Crippen LogP contribution in [0, 0.1) is 0 Å². The monoisotopic (exact) mass is 54.0 g/mol. The van der Waals surface area contributed by atoms with Crippen molar-refractivity contribution in [2.24, 2.45) is 10.2 Å². The van der Waals surface area contributed by atoms with Gasteiger partial charge < -0.3 is 0 Å². The summed E-state index contributed by atoms with van der Waals surface area (Å²) < 4.78 is 0. The van der Waals surface area contributed by atoms with Crippen molar-refractivity contribution in [1.82, 2.24) is 0 Å². The molecule has 1 aliphatic rings. The molecule has 0 aromatic heterocycles. The molecule has 0 saturated heterocycles. The number of hydrogen-bond acceptors (Lipinski definition) is 2. The zero-order chi connectivity index (χ0) is 2.99. The Labute approximate surface area is 23.9 Å². The van der Waals surface area contributed by atoms with Gasteiger partial charge in [-0.3, -0.25) is 0 Å². The molecule has 0 spiro atoms. The van der Waals surface area contributed by atoms with Crippen LogP contribution in [0.5, 0.6) is 0 Å². The van der Waals surface area contributed by atoms with E-state index < -0.39 is 0 Å². The molecule has 20 valence electrons. The van der Waals surface area contributed by atoms with Gasteiger partial charge >= 0.3 is 0 Å². The van der Waals surface area contributed by atoms with E-state index in [0.29, 0.717) is 5.82 Å². The Balaban J connectivity index is 2.80. The van der Waals surface area contributed by atoms with Crippen molar-refractivity contribution < 1.29 is 0 Å². The standard InChI is InChI=1S/C2H2N2/c1-2-3-4-2/h1H2. The summed E-state index contributed by atoms with van der Waals surface area (Å²) in [5.74, 6) is 0.667. The van der Waals surface area contributed by atoms with E-state index >= 15 is 0 Å². The first-order chi connectivity index (χ1) is 1.89. The molecular weight excluding hydrogens is 52.0 g/mol. The summed E-state index contributed by atoms with van der Waals surface area (Å²) in [6.45, 7) is 3.33. The second-order valence-electron chi connectivity index (χ2n) is 0.616. The fraction of sp³-hybridized carbons (Fsp3) is 0. The Morgan fingerprint density at radius 2 is 1.75 bits per heavy atom. The zero-order valence-corrected chi connectivity index (χ0v) is 2.10. The molecule has 1 aliphatic heterocycles. The van der Waals surface area contributed by atoms with Crippen molar-refractivity contribution >= 4 is 0 Å². The largest absolute Gasteiger partial charge is 0.189 e. The highest BCUT2D eigenvalue weighted by Gasteiger charge is 1.93. The smallest absolute Gasteiger partial charge is 0.127 e. The Morgan fingerprint density at radius 3 is 1.75 bits per heavy atom. The molecule has 2 heteroatoms. The topological polar surface area (TPSA) is 24.7 Å². The third kappa shape index (κ3) is 0.0283. The van der Waals surface area contributed by atoms with E-state index in [1.165, 1.54) is 0 Å². The van der Waals surface area contributed by atoms with Crippen molar-refractivity contribution in [3.05, 3.63) is 12.4 Å². The van der Waals surface area contributed by atoms with Gasteiger partial charge in [0.15, 0.2) is 5.82 Å². The summed E-state index contributed by atoms with van der Waals surface area (Å²) in [6, 6.07) is 0. The molecule has 4 heavy (non-hydrogen) atoms. The van der Waals surface area contributed by atoms with Crippen molar-refractivity contribution in [3.63, 3.8) is 0 Å². The van der Waals surface area contributed by atoms with Crippen LogP contribution in [0.3, 0.4) is 0 Å². The molecule has 0 fully saturated rings. The van der Waals surface area contributed by atoms with Gasteiger partial charge in [0, 0.05) is 0 Å². The molecule has 0 radical (unpaired) electrons. The van der Waals surface area contributed by atoms with Gasteiger partial charge in [-0.25, -0.2) is 0 Å². The quantitative estimate of drug-likeness (QED) is 0.393. The molecule has 0 aromatic carbocycles. The summed E-state index contributed by atoms with van der Waals surface area (Å²) in [6.07, 6.45) is 0. The minimum absolute atomic E-state index is 0.667. The first-order valence-corrected chi connectivity index (χ1v) is 1.00. The minimum atomic E-state index is 0.667. The first kappa shape index (κ1) is 1.64. The van der Waals surface area contributed by atoms with E-state index in [-0.39, 0.29) is 0 Å². The van der Waals surface area contributed by atoms with E-state index in [0.717, 1.165) is 0 Å². The maximum Gasteiger partial charge on any atom is 0.189 e. The second-order valence-corrected chi connectivity index (χ2v) is 0.616. The number of hydrogen-bond donors (Lipinski definition) is 0. The summed E-state index contributed by atoms with van der Waals surface area (Å²) in [5.41, 5.74) is 0. The molecular formula is C2H2N2. The number of rotatable bonds is 0. The first-order valence-electron chi connectivity index (χ1n) is 1.00. The zero-order valence-electron chi connectivity index (χ0n) is 2.10. The van der Waals surface area contributed by atoms with Gasteiger partial charge in [0.05, 0.1) is 0 Å². The highest BCUT2D eigenvalue weighted by molar-refractivity contribution is 4.96. The van der Waals surface area contributed by atoms with Gasteiger partial charge in [0.1, 0.15) is 0 Å². The lowest BCUT2D eigenvalue weighted by Crippen LogP contribution is -1.18. The molecule has 0 atom stereocenters. The van der Waals surface area contributed by atoms with Gasteiger partial charge in [0.2, 0.25) is 0 Å². The van der Waals surface area contributed by atoms with E-state index in [9.17, 15) is 0 Å². The van der Waals surface area contributed by atoms with Gasteiger partial charge in [-0.1, -0.05) is 6.58 Å². The number of nitrogens with zero attached hydrogens (tertiary/aromatic N) is 2. The highest BCUT2D eigenvalue weighted by atomic mass is 15.3. The van der Waals surface area contributed by atoms with E-state index in [1.807, 2.05) is 0 Å². The molecule has 0 unspecified atom stereocenters. The van der Waals surface area contributed by atoms with Crippen molar-refractivity contribution in [3.8, 4) is 0 Å². The summed E-state index contributed by atoms with van der Waals surface area (Å²) in [4.78, 5) is 0. The molecule has 1 rings (SSSR count). The maximum absolute atomic E-state index is 3.33. The van der Waals surface area contributed by atoms with Crippen molar-refractivity contribution in [2.75, 3.05) is 0 Å². The Kier molecular flexibility index (Phi) is 0.0914. The average Bonchev–Trinajstić information content (AvgIpc) is 1.75. The SMILES string of the molecule is C=C1N=N1. The van der Waals surface area contributed by atoms with Gasteiger partial charge in [-0.2, -0.15) is 0 Å². The molecule has 0 bridgehead atoms. The molecule has 0 saturated carbocycles. The van der Waals surface area contributed by atoms with Gasteiger partial charge in [-0.05, 0) is 0 Å². The van der Waals surface area contributed by atoms with E-state index in [2.05, 4.69) is 16.8 Å². The summed E-state index contributed by atoms with van der Waals surface area (Å²) >= 11 is 0. The molecule has 0 N–H and O–H groups in total. The van der Waals surface area contributed by atoms with Crippen LogP contribution in [-0.2, 0) is 0 Å². The van der Waals surface area contributed by atoms with Crippen LogP contribution >= 0.6 is 0 Å². The molecule has 1 heterocycles. The third-order valence-electron chi connectivity index (χ3n) is 0.241. The van der Waals surface area contributed by atoms with E-state index in [4.69, 9.17) is 0 Å². The predicted octanol–water partition coefficient (Wildman–Crippen LogP) is 0.923. The van der Waals surface area contributed by atoms with Gasteiger partial charge in [0.25, 0.3) is 0 Å². The van der Waals surface area contributed by atoms with Crippen LogP contribution in [-0.4, -0.2) is 0 Å². The average molecular weight is 54.1 g/mol. The molecule has 0 aliphatic carbocycles. The normalized spacial score (nSPS) is 17.5. The fourth-order valence-corrected chi connectivity index (χ4v) is 0.0354. The Hall–Kier alpha value is -0.660. The van der Waals surface area contributed by atoms with Crippen LogP contribution < -0.4 is 0 Å². The lowest BCUT2D eigenvalue weighted by atomic mass is 11.0.